The molecule has 2 heterocycles. The lowest BCUT2D eigenvalue weighted by Crippen LogP contribution is -1.87. The average Bonchev–Trinajstić information content (AvgIpc) is 3.15. The molecule has 0 amide bonds. The predicted octanol–water partition coefficient (Wildman–Crippen LogP) is 3.20. The fraction of sp³-hybridized carbons (Fsp3) is 0.286. The van der Waals surface area contributed by atoms with E-state index >= 15 is 0 Å². The van der Waals surface area contributed by atoms with Crippen LogP contribution in [-0.2, 0) is 5.75 Å². The highest BCUT2D eigenvalue weighted by atomic mass is 32.2. The van der Waals surface area contributed by atoms with E-state index in [9.17, 15) is 10.1 Å². The van der Waals surface area contributed by atoms with Gasteiger partial charge in [-0.1, -0.05) is 11.8 Å². The quantitative estimate of drug-likeness (QED) is 0.376. The summed E-state index contributed by atoms with van der Waals surface area (Å²) in [5.41, 5.74) is 0.634. The first-order valence-corrected chi connectivity index (χ1v) is 8.21. The van der Waals surface area contributed by atoms with Gasteiger partial charge in [0.2, 0.25) is 17.7 Å². The molecule has 0 atom stereocenters. The molecule has 0 radical (unpaired) electrons. The van der Waals surface area contributed by atoms with Crippen molar-refractivity contribution in [1.29, 1.82) is 0 Å². The van der Waals surface area contributed by atoms with Crippen LogP contribution >= 0.6 is 11.8 Å². The van der Waals surface area contributed by atoms with E-state index in [1.807, 2.05) is 0 Å². The van der Waals surface area contributed by atoms with Gasteiger partial charge in [-0.05, 0) is 25.0 Å². The van der Waals surface area contributed by atoms with E-state index in [2.05, 4.69) is 20.4 Å². The van der Waals surface area contributed by atoms with E-state index < -0.39 is 4.92 Å². The molecule has 0 saturated heterocycles. The highest BCUT2D eigenvalue weighted by Gasteiger charge is 2.29. The van der Waals surface area contributed by atoms with Crippen LogP contribution in [0, 0.1) is 10.1 Å². The zero-order valence-corrected chi connectivity index (χ0v) is 13.1. The molecule has 1 fully saturated rings. The predicted molar refractivity (Wildman–Crippen MR) is 82.2 cm³/mol. The topological polar surface area (TPSA) is 121 Å². The van der Waals surface area contributed by atoms with Crippen molar-refractivity contribution < 1.29 is 13.8 Å². The number of non-ortho nitro benzene ring substituents is 1. The van der Waals surface area contributed by atoms with Crippen LogP contribution in [0.3, 0.4) is 0 Å². The molecule has 0 N–H and O–H groups in total. The third-order valence-corrected chi connectivity index (χ3v) is 4.26. The Morgan fingerprint density at radius 1 is 1.12 bits per heavy atom. The maximum atomic E-state index is 10.7. The fourth-order valence-electron chi connectivity index (χ4n) is 2.05. The van der Waals surface area contributed by atoms with Crippen LogP contribution in [0.15, 0.2) is 38.3 Å². The van der Waals surface area contributed by atoms with E-state index in [1.165, 1.54) is 23.9 Å². The first-order chi connectivity index (χ1) is 11.7. The summed E-state index contributed by atoms with van der Waals surface area (Å²) in [6.45, 7) is 0. The second-order valence-electron chi connectivity index (χ2n) is 5.27. The smallest absolute Gasteiger partial charge is 0.277 e. The fourth-order valence-corrected chi connectivity index (χ4v) is 2.66. The van der Waals surface area contributed by atoms with Gasteiger partial charge in [-0.25, -0.2) is 0 Å². The first kappa shape index (κ1) is 14.8. The molecule has 3 aromatic rings. The van der Waals surface area contributed by atoms with Gasteiger partial charge in [-0.3, -0.25) is 10.1 Å². The standard InChI is InChI=1S/C14H11N5O4S/c20-19(21)10-5-3-9(4-6-10)12-16-15-11(22-12)7-24-14-18-17-13(23-14)8-1-2-8/h3-6,8H,1-2,7H2. The Morgan fingerprint density at radius 3 is 2.62 bits per heavy atom. The van der Waals surface area contributed by atoms with Gasteiger partial charge < -0.3 is 8.83 Å². The minimum atomic E-state index is -0.458. The van der Waals surface area contributed by atoms with Gasteiger partial charge in [-0.15, -0.1) is 20.4 Å². The molecule has 0 unspecified atom stereocenters. The Morgan fingerprint density at radius 2 is 1.92 bits per heavy atom. The monoisotopic (exact) mass is 345 g/mol. The Bertz CT molecular complexity index is 871. The summed E-state index contributed by atoms with van der Waals surface area (Å²) in [6, 6.07) is 5.93. The normalized spacial score (nSPS) is 14.0. The molecule has 1 aromatic carbocycles. The van der Waals surface area contributed by atoms with Gasteiger partial charge >= 0.3 is 0 Å². The summed E-state index contributed by atoms with van der Waals surface area (Å²) in [5, 5.41) is 27.0. The third-order valence-electron chi connectivity index (χ3n) is 3.46. The number of thioether (sulfide) groups is 1. The van der Waals surface area contributed by atoms with Crippen LogP contribution in [0.4, 0.5) is 5.69 Å². The minimum Gasteiger partial charge on any atom is -0.420 e. The van der Waals surface area contributed by atoms with Gasteiger partial charge in [0.25, 0.3) is 10.9 Å². The lowest BCUT2D eigenvalue weighted by molar-refractivity contribution is -0.384. The lowest BCUT2D eigenvalue weighted by Gasteiger charge is -1.94. The van der Waals surface area contributed by atoms with Crippen LogP contribution in [0.5, 0.6) is 0 Å². The number of benzene rings is 1. The van der Waals surface area contributed by atoms with Crippen molar-refractivity contribution in [3.05, 3.63) is 46.2 Å². The van der Waals surface area contributed by atoms with Crippen molar-refractivity contribution in [2.45, 2.75) is 29.7 Å². The van der Waals surface area contributed by atoms with Crippen molar-refractivity contribution in [2.75, 3.05) is 0 Å². The van der Waals surface area contributed by atoms with E-state index in [0.717, 1.165) is 12.8 Å². The molecule has 0 spiro atoms. The first-order valence-electron chi connectivity index (χ1n) is 7.22. The Hall–Kier alpha value is -2.75. The Balaban J connectivity index is 1.41. The van der Waals surface area contributed by atoms with E-state index in [-0.39, 0.29) is 5.69 Å². The number of nitro groups is 1. The van der Waals surface area contributed by atoms with Crippen molar-refractivity contribution in [2.24, 2.45) is 0 Å². The molecule has 122 valence electrons. The van der Waals surface area contributed by atoms with Gasteiger partial charge in [0, 0.05) is 23.6 Å². The summed E-state index contributed by atoms with van der Waals surface area (Å²) in [4.78, 5) is 10.2. The number of aromatic nitrogens is 4. The molecule has 1 saturated carbocycles. The second kappa shape index (κ2) is 6.04. The van der Waals surface area contributed by atoms with E-state index in [1.54, 1.807) is 12.1 Å². The highest BCUT2D eigenvalue weighted by Crippen LogP contribution is 2.40. The Kier molecular flexibility index (Phi) is 3.73. The van der Waals surface area contributed by atoms with Gasteiger partial charge in [0.05, 0.1) is 10.7 Å². The summed E-state index contributed by atoms with van der Waals surface area (Å²) in [5.74, 6) is 2.24. The zero-order valence-electron chi connectivity index (χ0n) is 12.3. The maximum Gasteiger partial charge on any atom is 0.277 e. The van der Waals surface area contributed by atoms with Crippen LogP contribution in [0.1, 0.15) is 30.5 Å². The molecule has 10 heteroatoms. The average molecular weight is 345 g/mol. The van der Waals surface area contributed by atoms with Crippen LogP contribution in [0.2, 0.25) is 0 Å². The lowest BCUT2D eigenvalue weighted by atomic mass is 10.2. The van der Waals surface area contributed by atoms with Gasteiger partial charge in [0.15, 0.2) is 0 Å². The molecular formula is C14H11N5O4S. The maximum absolute atomic E-state index is 10.7. The number of hydrogen-bond donors (Lipinski definition) is 0. The van der Waals surface area contributed by atoms with Crippen LogP contribution in [-0.4, -0.2) is 25.3 Å². The van der Waals surface area contributed by atoms with Crippen molar-refractivity contribution >= 4 is 17.4 Å². The molecule has 1 aliphatic carbocycles. The summed E-state index contributed by atoms with van der Waals surface area (Å²) in [6.07, 6.45) is 2.21. The summed E-state index contributed by atoms with van der Waals surface area (Å²) < 4.78 is 11.1. The molecule has 4 rings (SSSR count). The molecule has 24 heavy (non-hydrogen) atoms. The minimum absolute atomic E-state index is 0.0110. The van der Waals surface area contributed by atoms with Gasteiger partial charge in [-0.2, -0.15) is 0 Å². The van der Waals surface area contributed by atoms with Gasteiger partial charge in [0.1, 0.15) is 0 Å². The molecular weight excluding hydrogens is 334 g/mol. The Labute approximate surface area is 139 Å². The van der Waals surface area contributed by atoms with E-state index in [0.29, 0.717) is 40.1 Å². The number of hydrogen-bond acceptors (Lipinski definition) is 9. The zero-order chi connectivity index (χ0) is 16.5. The van der Waals surface area contributed by atoms with Crippen molar-refractivity contribution in [1.82, 2.24) is 20.4 Å². The SMILES string of the molecule is O=[N+]([O-])c1ccc(-c2nnc(CSc3nnc(C4CC4)o3)o2)cc1. The van der Waals surface area contributed by atoms with Crippen LogP contribution < -0.4 is 0 Å². The summed E-state index contributed by atoms with van der Waals surface area (Å²) in [7, 11) is 0. The number of rotatable bonds is 6. The van der Waals surface area contributed by atoms with E-state index in [4.69, 9.17) is 8.83 Å². The van der Waals surface area contributed by atoms with Crippen LogP contribution in [0.25, 0.3) is 11.5 Å². The third kappa shape index (κ3) is 3.13. The summed E-state index contributed by atoms with van der Waals surface area (Å²) >= 11 is 1.33. The molecule has 2 aromatic heterocycles. The highest BCUT2D eigenvalue weighted by molar-refractivity contribution is 7.98. The number of nitro benzene ring substituents is 1. The molecule has 0 bridgehead atoms. The number of nitrogens with zero attached hydrogens (tertiary/aromatic N) is 5. The largest absolute Gasteiger partial charge is 0.420 e. The molecule has 1 aliphatic rings. The van der Waals surface area contributed by atoms with Crippen molar-refractivity contribution in [3.63, 3.8) is 0 Å². The molecule has 0 aliphatic heterocycles. The molecule has 9 nitrogen and oxygen atoms in total. The van der Waals surface area contributed by atoms with Crippen molar-refractivity contribution in [3.8, 4) is 11.5 Å². The second-order valence-corrected chi connectivity index (χ2v) is 6.20.